The van der Waals surface area contributed by atoms with E-state index in [1.165, 1.54) is 0 Å². The van der Waals surface area contributed by atoms with E-state index in [1.54, 1.807) is 0 Å². The predicted molar refractivity (Wildman–Crippen MR) is 83.5 cm³/mol. The number of carbonyl (C=O) groups excluding carboxylic acids is 1. The van der Waals surface area contributed by atoms with Gasteiger partial charge in [-0.1, -0.05) is 18.2 Å². The SMILES string of the molecule is C[C@@H]1CN(C(=O)Nc2cn(C)c3ccccc23)C[C@H](C)O1. The number of hydrogen-bond acceptors (Lipinski definition) is 2. The molecule has 1 aromatic carbocycles. The summed E-state index contributed by atoms with van der Waals surface area (Å²) >= 11 is 0. The number of rotatable bonds is 1. The van der Waals surface area contributed by atoms with Crippen molar-refractivity contribution in [1.29, 1.82) is 0 Å². The summed E-state index contributed by atoms with van der Waals surface area (Å²) in [7, 11) is 1.98. The van der Waals surface area contributed by atoms with Gasteiger partial charge in [-0.05, 0) is 19.9 Å². The molecule has 0 saturated carbocycles. The van der Waals surface area contributed by atoms with Crippen LogP contribution in [0.3, 0.4) is 0 Å². The number of carbonyl (C=O) groups is 1. The zero-order valence-corrected chi connectivity index (χ0v) is 12.7. The molecule has 0 spiro atoms. The number of nitrogens with zero attached hydrogens (tertiary/aromatic N) is 2. The van der Waals surface area contributed by atoms with Gasteiger partial charge in [-0.25, -0.2) is 4.79 Å². The van der Waals surface area contributed by atoms with E-state index < -0.39 is 0 Å². The van der Waals surface area contributed by atoms with Crippen molar-refractivity contribution in [2.75, 3.05) is 18.4 Å². The maximum Gasteiger partial charge on any atom is 0.322 e. The van der Waals surface area contributed by atoms with Crippen LogP contribution < -0.4 is 5.32 Å². The van der Waals surface area contributed by atoms with Crippen LogP contribution in [0.2, 0.25) is 0 Å². The van der Waals surface area contributed by atoms with Crippen molar-refractivity contribution >= 4 is 22.6 Å². The summed E-state index contributed by atoms with van der Waals surface area (Å²) in [4.78, 5) is 14.3. The lowest BCUT2D eigenvalue weighted by Crippen LogP contribution is -2.49. The van der Waals surface area contributed by atoms with Crippen LogP contribution in [0.25, 0.3) is 10.9 Å². The van der Waals surface area contributed by atoms with Crippen molar-refractivity contribution in [3.05, 3.63) is 30.5 Å². The van der Waals surface area contributed by atoms with Crippen LogP contribution in [0.1, 0.15) is 13.8 Å². The van der Waals surface area contributed by atoms with Gasteiger partial charge in [0.25, 0.3) is 0 Å². The highest BCUT2D eigenvalue weighted by Gasteiger charge is 2.26. The van der Waals surface area contributed by atoms with Crippen molar-refractivity contribution in [1.82, 2.24) is 9.47 Å². The highest BCUT2D eigenvalue weighted by atomic mass is 16.5. The Kier molecular flexibility index (Phi) is 3.59. The zero-order chi connectivity index (χ0) is 15.0. The lowest BCUT2D eigenvalue weighted by molar-refractivity contribution is -0.0530. The first-order valence-electron chi connectivity index (χ1n) is 7.30. The van der Waals surface area contributed by atoms with Crippen LogP contribution >= 0.6 is 0 Å². The number of amides is 2. The number of hydrogen-bond donors (Lipinski definition) is 1. The molecule has 1 saturated heterocycles. The number of morpholine rings is 1. The average Bonchev–Trinajstić information content (AvgIpc) is 2.75. The Morgan fingerprint density at radius 1 is 1.24 bits per heavy atom. The van der Waals surface area contributed by atoms with Gasteiger partial charge in [-0.3, -0.25) is 0 Å². The second-order valence-electron chi connectivity index (χ2n) is 5.76. The fourth-order valence-electron chi connectivity index (χ4n) is 2.98. The number of aryl methyl sites for hydroxylation is 1. The van der Waals surface area contributed by atoms with Crippen molar-refractivity contribution in [3.63, 3.8) is 0 Å². The molecule has 3 rings (SSSR count). The van der Waals surface area contributed by atoms with Crippen LogP contribution in [-0.4, -0.2) is 40.8 Å². The average molecular weight is 287 g/mol. The minimum atomic E-state index is -0.0617. The van der Waals surface area contributed by atoms with Crippen molar-refractivity contribution < 1.29 is 9.53 Å². The highest BCUT2D eigenvalue weighted by molar-refractivity contribution is 6.01. The van der Waals surface area contributed by atoms with Gasteiger partial charge in [-0.15, -0.1) is 0 Å². The molecule has 5 heteroatoms. The van der Waals surface area contributed by atoms with E-state index in [0.717, 1.165) is 16.6 Å². The zero-order valence-electron chi connectivity index (χ0n) is 12.7. The molecular formula is C16H21N3O2. The van der Waals surface area contributed by atoms with E-state index in [4.69, 9.17) is 4.74 Å². The van der Waals surface area contributed by atoms with Gasteiger partial charge in [0, 0.05) is 37.2 Å². The Bertz CT molecular complexity index is 655. The number of para-hydroxylation sites is 1. The van der Waals surface area contributed by atoms with Crippen LogP contribution in [0, 0.1) is 0 Å². The molecule has 2 aromatic rings. The van der Waals surface area contributed by atoms with Gasteiger partial charge >= 0.3 is 6.03 Å². The Labute approximate surface area is 124 Å². The van der Waals surface area contributed by atoms with E-state index in [9.17, 15) is 4.79 Å². The van der Waals surface area contributed by atoms with Gasteiger partial charge in [0.2, 0.25) is 0 Å². The van der Waals surface area contributed by atoms with E-state index in [2.05, 4.69) is 5.32 Å². The molecule has 5 nitrogen and oxygen atoms in total. The maximum absolute atomic E-state index is 12.5. The normalized spacial score (nSPS) is 22.5. The van der Waals surface area contributed by atoms with Crippen molar-refractivity contribution in [2.45, 2.75) is 26.1 Å². The van der Waals surface area contributed by atoms with Crippen LogP contribution in [0.4, 0.5) is 10.5 Å². The van der Waals surface area contributed by atoms with Gasteiger partial charge in [0.05, 0.1) is 17.9 Å². The van der Waals surface area contributed by atoms with Crippen molar-refractivity contribution in [3.8, 4) is 0 Å². The second kappa shape index (κ2) is 5.41. The van der Waals surface area contributed by atoms with E-state index in [-0.39, 0.29) is 18.2 Å². The standard InChI is InChI=1S/C16H21N3O2/c1-11-8-19(9-12(2)21-11)16(20)17-14-10-18(3)15-7-5-4-6-13(14)15/h4-7,10-12H,8-9H2,1-3H3,(H,17,20)/t11-,12+. The molecule has 1 aliphatic rings. The number of urea groups is 1. The molecular weight excluding hydrogens is 266 g/mol. The number of ether oxygens (including phenoxy) is 1. The molecule has 1 N–H and O–H groups in total. The lowest BCUT2D eigenvalue weighted by atomic mass is 10.2. The molecule has 0 radical (unpaired) electrons. The Hall–Kier alpha value is -2.01. The molecule has 0 unspecified atom stereocenters. The monoisotopic (exact) mass is 287 g/mol. The minimum absolute atomic E-state index is 0.0617. The molecule has 2 amide bonds. The van der Waals surface area contributed by atoms with Gasteiger partial charge < -0.3 is 19.5 Å². The molecule has 1 fully saturated rings. The summed E-state index contributed by atoms with van der Waals surface area (Å²) in [5.74, 6) is 0. The van der Waals surface area contributed by atoms with Crippen LogP contribution in [-0.2, 0) is 11.8 Å². The van der Waals surface area contributed by atoms with Gasteiger partial charge in [-0.2, -0.15) is 0 Å². The Balaban J connectivity index is 1.80. The first-order chi connectivity index (χ1) is 10.0. The summed E-state index contributed by atoms with van der Waals surface area (Å²) < 4.78 is 7.69. The second-order valence-corrected chi connectivity index (χ2v) is 5.76. The topological polar surface area (TPSA) is 46.5 Å². The number of nitrogens with one attached hydrogen (secondary N) is 1. The van der Waals surface area contributed by atoms with E-state index >= 15 is 0 Å². The first kappa shape index (κ1) is 13.9. The summed E-state index contributed by atoms with van der Waals surface area (Å²) in [5.41, 5.74) is 1.96. The quantitative estimate of drug-likeness (QED) is 0.876. The summed E-state index contributed by atoms with van der Waals surface area (Å²) in [6.45, 7) is 5.24. The summed E-state index contributed by atoms with van der Waals surface area (Å²) in [5, 5.41) is 4.09. The third kappa shape index (κ3) is 2.74. The predicted octanol–water partition coefficient (Wildman–Crippen LogP) is 2.82. The van der Waals surface area contributed by atoms with Gasteiger partial charge in [0.1, 0.15) is 0 Å². The smallest absolute Gasteiger partial charge is 0.322 e. The van der Waals surface area contributed by atoms with Crippen molar-refractivity contribution in [2.24, 2.45) is 7.05 Å². The van der Waals surface area contributed by atoms with Gasteiger partial charge in [0.15, 0.2) is 0 Å². The molecule has 1 aromatic heterocycles. The Morgan fingerprint density at radius 3 is 2.62 bits per heavy atom. The van der Waals surface area contributed by atoms with Crippen LogP contribution in [0.15, 0.2) is 30.5 Å². The fourth-order valence-corrected chi connectivity index (χ4v) is 2.98. The maximum atomic E-state index is 12.5. The third-order valence-electron chi connectivity index (χ3n) is 3.85. The fraction of sp³-hybridized carbons (Fsp3) is 0.438. The molecule has 1 aliphatic heterocycles. The van der Waals surface area contributed by atoms with Crippen LogP contribution in [0.5, 0.6) is 0 Å². The lowest BCUT2D eigenvalue weighted by Gasteiger charge is -2.35. The minimum Gasteiger partial charge on any atom is -0.372 e. The number of fused-ring (bicyclic) bond motifs is 1. The van der Waals surface area contributed by atoms with E-state index in [0.29, 0.717) is 13.1 Å². The molecule has 0 bridgehead atoms. The molecule has 112 valence electrons. The summed E-state index contributed by atoms with van der Waals surface area (Å²) in [6.07, 6.45) is 2.11. The summed E-state index contributed by atoms with van der Waals surface area (Å²) in [6, 6.07) is 7.99. The molecule has 2 atom stereocenters. The first-order valence-corrected chi connectivity index (χ1v) is 7.30. The molecule has 0 aliphatic carbocycles. The number of benzene rings is 1. The number of anilines is 1. The Morgan fingerprint density at radius 2 is 1.90 bits per heavy atom. The molecule has 2 heterocycles. The highest BCUT2D eigenvalue weighted by Crippen LogP contribution is 2.25. The van der Waals surface area contributed by atoms with E-state index in [1.807, 2.05) is 60.8 Å². The number of aromatic nitrogens is 1. The largest absolute Gasteiger partial charge is 0.372 e. The molecule has 21 heavy (non-hydrogen) atoms. The third-order valence-corrected chi connectivity index (χ3v) is 3.85.